The highest BCUT2D eigenvalue weighted by atomic mass is 35.5. The number of piperidine rings is 1. The summed E-state index contributed by atoms with van der Waals surface area (Å²) in [7, 11) is -3.91. The lowest BCUT2D eigenvalue weighted by molar-refractivity contribution is 0.0654. The highest BCUT2D eigenvalue weighted by Crippen LogP contribution is 2.35. The van der Waals surface area contributed by atoms with Crippen molar-refractivity contribution >= 4 is 27.3 Å². The molecular weight excluding hydrogens is 403 g/mol. The number of aromatic nitrogens is 2. The molecule has 0 saturated carbocycles. The van der Waals surface area contributed by atoms with E-state index in [1.807, 2.05) is 13.8 Å². The van der Waals surface area contributed by atoms with E-state index in [0.717, 1.165) is 0 Å². The number of rotatable bonds is 4. The predicted octanol–water partition coefficient (Wildman–Crippen LogP) is 3.63. The second-order valence-corrected chi connectivity index (χ2v) is 10.6. The highest BCUT2D eigenvalue weighted by Gasteiger charge is 2.46. The number of hydrogen-bond acceptors (Lipinski definition) is 6. The molecule has 2 heterocycles. The van der Waals surface area contributed by atoms with Gasteiger partial charge in [0.2, 0.25) is 9.84 Å². The Hall–Kier alpha value is -1.77. The molecule has 1 fully saturated rings. The van der Waals surface area contributed by atoms with Crippen LogP contribution in [0.3, 0.4) is 0 Å². The molecule has 2 aromatic rings. The average Bonchev–Trinajstić information content (AvgIpc) is 2.60. The maximum absolute atomic E-state index is 15.1. The third-order valence-electron chi connectivity index (χ3n) is 4.83. The first-order valence-corrected chi connectivity index (χ1v) is 10.8. The fourth-order valence-electron chi connectivity index (χ4n) is 3.83. The van der Waals surface area contributed by atoms with E-state index in [1.54, 1.807) is 32.0 Å². The van der Waals surface area contributed by atoms with Gasteiger partial charge in [0, 0.05) is 17.1 Å². The van der Waals surface area contributed by atoms with Crippen LogP contribution < -0.4 is 10.6 Å². The van der Waals surface area contributed by atoms with Crippen molar-refractivity contribution < 1.29 is 12.8 Å². The van der Waals surface area contributed by atoms with Gasteiger partial charge in [0.1, 0.15) is 11.1 Å². The van der Waals surface area contributed by atoms with Crippen molar-refractivity contribution in [1.29, 1.82) is 0 Å². The summed E-state index contributed by atoms with van der Waals surface area (Å²) in [5.41, 5.74) is -1.14. The first-order chi connectivity index (χ1) is 12.9. The number of nitrogens with one attached hydrogen (secondary N) is 2. The minimum absolute atomic E-state index is 0.00518. The molecule has 1 saturated heterocycles. The van der Waals surface area contributed by atoms with Crippen molar-refractivity contribution in [2.24, 2.45) is 0 Å². The van der Waals surface area contributed by atoms with Crippen LogP contribution in [0, 0.1) is 0 Å². The third kappa shape index (κ3) is 4.14. The molecule has 6 nitrogen and oxygen atoms in total. The quantitative estimate of drug-likeness (QED) is 0.776. The lowest BCUT2D eigenvalue weighted by atomic mass is 9.78. The number of alkyl halides is 1. The molecule has 2 N–H and O–H groups in total. The number of hydrogen-bond donors (Lipinski definition) is 2. The van der Waals surface area contributed by atoms with Crippen molar-refractivity contribution in [3.05, 3.63) is 41.6 Å². The molecule has 0 aliphatic carbocycles. The van der Waals surface area contributed by atoms with Crippen LogP contribution in [0.2, 0.25) is 5.15 Å². The van der Waals surface area contributed by atoms with Crippen LogP contribution in [-0.4, -0.2) is 41.9 Å². The van der Waals surface area contributed by atoms with Crippen LogP contribution in [0.1, 0.15) is 34.1 Å². The molecule has 1 aliphatic heterocycles. The molecule has 0 bridgehead atoms. The zero-order valence-corrected chi connectivity index (χ0v) is 17.8. The summed E-state index contributed by atoms with van der Waals surface area (Å²) in [5, 5.41) is 13.9. The molecule has 1 aromatic heterocycles. The summed E-state index contributed by atoms with van der Waals surface area (Å²) in [6, 6.07) is 8.56. The van der Waals surface area contributed by atoms with E-state index in [9.17, 15) is 8.42 Å². The molecule has 9 heteroatoms. The molecule has 0 unspecified atom stereocenters. The monoisotopic (exact) mass is 426 g/mol. The normalized spacial score (nSPS) is 23.9. The summed E-state index contributed by atoms with van der Waals surface area (Å²) in [6.07, 6.45) is -0.836. The van der Waals surface area contributed by atoms with Gasteiger partial charge in [-0.3, -0.25) is 0 Å². The molecule has 0 radical (unpaired) electrons. The molecule has 0 spiro atoms. The number of benzene rings is 1. The Labute approximate surface area is 169 Å². The topological polar surface area (TPSA) is 84.0 Å². The van der Waals surface area contributed by atoms with E-state index >= 15 is 4.39 Å². The zero-order chi connectivity index (χ0) is 20.7. The molecule has 3 rings (SSSR count). The van der Waals surface area contributed by atoms with Gasteiger partial charge in [-0.15, -0.1) is 10.2 Å². The fourth-order valence-corrected chi connectivity index (χ4v) is 5.43. The van der Waals surface area contributed by atoms with Gasteiger partial charge >= 0.3 is 0 Å². The number of nitrogens with zero attached hydrogens (tertiary/aromatic N) is 2. The van der Waals surface area contributed by atoms with Gasteiger partial charge in [-0.2, -0.15) is 0 Å². The molecule has 0 amide bonds. The van der Waals surface area contributed by atoms with Gasteiger partial charge in [0.25, 0.3) is 0 Å². The van der Waals surface area contributed by atoms with Crippen molar-refractivity contribution in [3.8, 4) is 0 Å². The summed E-state index contributed by atoms with van der Waals surface area (Å²) in [4.78, 5) is -0.0232. The summed E-state index contributed by atoms with van der Waals surface area (Å²) in [6.45, 7) is 7.51. The van der Waals surface area contributed by atoms with Gasteiger partial charge in [-0.1, -0.05) is 29.8 Å². The Kier molecular flexibility index (Phi) is 5.42. The molecule has 2 atom stereocenters. The second kappa shape index (κ2) is 7.24. The van der Waals surface area contributed by atoms with Crippen molar-refractivity contribution in [2.45, 2.75) is 67.2 Å². The van der Waals surface area contributed by atoms with Crippen LogP contribution in [0.25, 0.3) is 0 Å². The Morgan fingerprint density at radius 3 is 2.46 bits per heavy atom. The number of sulfone groups is 1. The first-order valence-electron chi connectivity index (χ1n) is 8.96. The zero-order valence-electron chi connectivity index (χ0n) is 16.2. The van der Waals surface area contributed by atoms with E-state index in [4.69, 9.17) is 11.6 Å². The maximum Gasteiger partial charge on any atom is 0.210 e. The van der Waals surface area contributed by atoms with E-state index in [1.165, 1.54) is 18.2 Å². The lowest BCUT2D eigenvalue weighted by Crippen LogP contribution is -2.67. The Morgan fingerprint density at radius 2 is 1.82 bits per heavy atom. The maximum atomic E-state index is 15.1. The predicted molar refractivity (Wildman–Crippen MR) is 107 cm³/mol. The van der Waals surface area contributed by atoms with Crippen LogP contribution >= 0.6 is 11.6 Å². The van der Waals surface area contributed by atoms with Crippen LogP contribution in [0.4, 0.5) is 10.2 Å². The minimum Gasteiger partial charge on any atom is -0.362 e. The Balaban J connectivity index is 2.02. The van der Waals surface area contributed by atoms with Crippen molar-refractivity contribution in [1.82, 2.24) is 15.5 Å². The summed E-state index contributed by atoms with van der Waals surface area (Å²) >= 11 is 5.92. The van der Waals surface area contributed by atoms with Crippen LogP contribution in [-0.2, 0) is 9.84 Å². The Bertz CT molecular complexity index is 967. The largest absolute Gasteiger partial charge is 0.362 e. The van der Waals surface area contributed by atoms with E-state index < -0.39 is 27.6 Å². The van der Waals surface area contributed by atoms with E-state index in [-0.39, 0.29) is 26.3 Å². The van der Waals surface area contributed by atoms with Gasteiger partial charge in [-0.05, 0) is 46.2 Å². The molecular formula is C19H24ClFN4O2S. The second-order valence-electron chi connectivity index (χ2n) is 8.28. The molecule has 1 aromatic carbocycles. The Morgan fingerprint density at radius 1 is 1.18 bits per heavy atom. The van der Waals surface area contributed by atoms with Crippen LogP contribution in [0.5, 0.6) is 0 Å². The van der Waals surface area contributed by atoms with Crippen LogP contribution in [0.15, 0.2) is 46.2 Å². The van der Waals surface area contributed by atoms with Crippen molar-refractivity contribution in [3.63, 3.8) is 0 Å². The summed E-state index contributed by atoms with van der Waals surface area (Å²) < 4.78 is 41.4. The van der Waals surface area contributed by atoms with E-state index in [0.29, 0.717) is 6.42 Å². The smallest absolute Gasteiger partial charge is 0.210 e. The van der Waals surface area contributed by atoms with Gasteiger partial charge in [0.15, 0.2) is 11.0 Å². The highest BCUT2D eigenvalue weighted by molar-refractivity contribution is 7.91. The molecule has 28 heavy (non-hydrogen) atoms. The van der Waals surface area contributed by atoms with Gasteiger partial charge in [0.05, 0.1) is 10.9 Å². The first kappa shape index (κ1) is 21.0. The number of halogens is 2. The van der Waals surface area contributed by atoms with Gasteiger partial charge < -0.3 is 10.6 Å². The summed E-state index contributed by atoms with van der Waals surface area (Å²) in [5.74, 6) is -0.00518. The SMILES string of the molecule is CC1(C)C[C@H](Nc2nnc(Cl)cc2S(=O)(=O)c2ccccc2)[C@H](F)C(C)(C)N1. The fraction of sp³-hybridized carbons (Fsp3) is 0.474. The van der Waals surface area contributed by atoms with Gasteiger partial charge in [-0.25, -0.2) is 12.8 Å². The molecule has 1 aliphatic rings. The lowest BCUT2D eigenvalue weighted by Gasteiger charge is -2.49. The number of anilines is 1. The van der Waals surface area contributed by atoms with E-state index in [2.05, 4.69) is 20.8 Å². The molecule has 152 valence electrons. The standard InChI is InChI=1S/C19H24ClFN4O2S/c1-18(2)11-13(16(21)19(3,4)25-18)22-17-14(10-15(20)23-24-17)28(26,27)12-8-6-5-7-9-12/h5-10,13,16,25H,11H2,1-4H3,(H,22,24)/t13-,16-/m0/s1. The average molecular weight is 427 g/mol. The van der Waals surface area contributed by atoms with Crippen molar-refractivity contribution in [2.75, 3.05) is 5.32 Å². The minimum atomic E-state index is -3.91. The third-order valence-corrected chi connectivity index (χ3v) is 6.80.